The molecule has 0 fully saturated rings. The topological polar surface area (TPSA) is 53.1 Å². The van der Waals surface area contributed by atoms with E-state index in [1.807, 2.05) is 6.07 Å². The molecule has 1 aromatic rings. The second-order valence-corrected chi connectivity index (χ2v) is 4.28. The fourth-order valence-electron chi connectivity index (χ4n) is 1.39. The van der Waals surface area contributed by atoms with E-state index in [1.54, 1.807) is 6.20 Å². The molecule has 0 aromatic carbocycles. The standard InChI is InChI=1S/C12H23N5/c1-4-7-14-12-15-9-6-11(16-12)13-8-5-10-17(2)3/h6,9H,4-5,7-8,10H2,1-3H3,(H2,13,14,15,16). The molecule has 0 bridgehead atoms. The third-order valence-corrected chi connectivity index (χ3v) is 2.28. The summed E-state index contributed by atoms with van der Waals surface area (Å²) in [4.78, 5) is 10.7. The van der Waals surface area contributed by atoms with Crippen LogP contribution in [0.5, 0.6) is 0 Å². The maximum Gasteiger partial charge on any atom is 0.224 e. The molecule has 0 aliphatic carbocycles. The van der Waals surface area contributed by atoms with Gasteiger partial charge in [0.2, 0.25) is 5.95 Å². The number of hydrogen-bond acceptors (Lipinski definition) is 5. The number of anilines is 2. The molecule has 2 N–H and O–H groups in total. The molecule has 1 rings (SSSR count). The quantitative estimate of drug-likeness (QED) is 0.674. The number of nitrogens with zero attached hydrogens (tertiary/aromatic N) is 3. The number of aromatic nitrogens is 2. The molecule has 0 atom stereocenters. The number of nitrogens with one attached hydrogen (secondary N) is 2. The van der Waals surface area contributed by atoms with Gasteiger partial charge in [0, 0.05) is 19.3 Å². The van der Waals surface area contributed by atoms with E-state index in [0.717, 1.165) is 38.3 Å². The molecule has 0 saturated carbocycles. The predicted molar refractivity (Wildman–Crippen MR) is 72.5 cm³/mol. The van der Waals surface area contributed by atoms with E-state index in [4.69, 9.17) is 0 Å². The molecule has 0 aliphatic heterocycles. The van der Waals surface area contributed by atoms with E-state index in [-0.39, 0.29) is 0 Å². The van der Waals surface area contributed by atoms with Gasteiger partial charge in [-0.15, -0.1) is 0 Å². The first-order chi connectivity index (χ1) is 8.22. The Morgan fingerprint density at radius 2 is 2.06 bits per heavy atom. The lowest BCUT2D eigenvalue weighted by atomic mass is 10.4. The zero-order valence-electron chi connectivity index (χ0n) is 11.0. The van der Waals surface area contributed by atoms with Gasteiger partial charge in [0.05, 0.1) is 0 Å². The second kappa shape index (κ2) is 7.84. The highest BCUT2D eigenvalue weighted by Crippen LogP contribution is 2.05. The monoisotopic (exact) mass is 237 g/mol. The minimum atomic E-state index is 0.699. The Morgan fingerprint density at radius 1 is 1.24 bits per heavy atom. The molecular weight excluding hydrogens is 214 g/mol. The van der Waals surface area contributed by atoms with Gasteiger partial charge in [-0.3, -0.25) is 0 Å². The van der Waals surface area contributed by atoms with Crippen molar-refractivity contribution in [2.45, 2.75) is 19.8 Å². The molecule has 5 nitrogen and oxygen atoms in total. The molecule has 0 saturated heterocycles. The van der Waals surface area contributed by atoms with Crippen LogP contribution in [0.15, 0.2) is 12.3 Å². The average molecular weight is 237 g/mol. The van der Waals surface area contributed by atoms with Crippen LogP contribution in [0.4, 0.5) is 11.8 Å². The van der Waals surface area contributed by atoms with Gasteiger partial charge in [-0.25, -0.2) is 4.98 Å². The molecule has 1 heterocycles. The van der Waals surface area contributed by atoms with Gasteiger partial charge >= 0.3 is 0 Å². The van der Waals surface area contributed by atoms with Crippen molar-refractivity contribution < 1.29 is 0 Å². The highest BCUT2D eigenvalue weighted by Gasteiger charge is 1.97. The van der Waals surface area contributed by atoms with Crippen molar-refractivity contribution in [3.8, 4) is 0 Å². The molecule has 1 aromatic heterocycles. The molecule has 96 valence electrons. The predicted octanol–water partition coefficient (Wildman–Crippen LogP) is 1.66. The normalized spacial score (nSPS) is 10.6. The van der Waals surface area contributed by atoms with Crippen molar-refractivity contribution in [1.82, 2.24) is 14.9 Å². The van der Waals surface area contributed by atoms with Crippen LogP contribution in [-0.4, -0.2) is 48.6 Å². The van der Waals surface area contributed by atoms with Crippen LogP contribution in [0.2, 0.25) is 0 Å². The van der Waals surface area contributed by atoms with Crippen molar-refractivity contribution >= 4 is 11.8 Å². The van der Waals surface area contributed by atoms with Gasteiger partial charge in [-0.05, 0) is 39.5 Å². The first kappa shape index (κ1) is 13.7. The van der Waals surface area contributed by atoms with Crippen molar-refractivity contribution in [3.05, 3.63) is 12.3 Å². The molecule has 0 radical (unpaired) electrons. The summed E-state index contributed by atoms with van der Waals surface area (Å²) in [5, 5.41) is 6.47. The number of rotatable bonds is 8. The summed E-state index contributed by atoms with van der Waals surface area (Å²) >= 11 is 0. The number of hydrogen-bond donors (Lipinski definition) is 2. The van der Waals surface area contributed by atoms with Crippen LogP contribution < -0.4 is 10.6 Å². The summed E-state index contributed by atoms with van der Waals surface area (Å²) in [6, 6.07) is 1.90. The van der Waals surface area contributed by atoms with Crippen molar-refractivity contribution in [2.75, 3.05) is 44.4 Å². The maximum absolute atomic E-state index is 4.38. The highest BCUT2D eigenvalue weighted by molar-refractivity contribution is 5.39. The van der Waals surface area contributed by atoms with E-state index in [2.05, 4.69) is 46.5 Å². The second-order valence-electron chi connectivity index (χ2n) is 4.28. The van der Waals surface area contributed by atoms with Crippen molar-refractivity contribution in [3.63, 3.8) is 0 Å². The van der Waals surface area contributed by atoms with Crippen LogP contribution in [0.3, 0.4) is 0 Å². The zero-order valence-corrected chi connectivity index (χ0v) is 11.0. The molecule has 17 heavy (non-hydrogen) atoms. The molecule has 0 amide bonds. The van der Waals surface area contributed by atoms with Crippen molar-refractivity contribution in [2.24, 2.45) is 0 Å². The van der Waals surface area contributed by atoms with Gasteiger partial charge in [-0.2, -0.15) is 4.98 Å². The summed E-state index contributed by atoms with van der Waals surface area (Å²) in [6.07, 6.45) is 3.96. The lowest BCUT2D eigenvalue weighted by molar-refractivity contribution is 0.405. The van der Waals surface area contributed by atoms with Gasteiger partial charge in [0.15, 0.2) is 0 Å². The molecule has 0 spiro atoms. The van der Waals surface area contributed by atoms with E-state index >= 15 is 0 Å². The van der Waals surface area contributed by atoms with Gasteiger partial charge in [-0.1, -0.05) is 6.92 Å². The van der Waals surface area contributed by atoms with Crippen LogP contribution >= 0.6 is 0 Å². The fourth-order valence-corrected chi connectivity index (χ4v) is 1.39. The smallest absolute Gasteiger partial charge is 0.224 e. The SMILES string of the molecule is CCCNc1nccc(NCCCN(C)C)n1. The summed E-state index contributed by atoms with van der Waals surface area (Å²) in [6.45, 7) is 5.04. The van der Waals surface area contributed by atoms with Crippen LogP contribution in [0.1, 0.15) is 19.8 Å². The Morgan fingerprint density at radius 3 is 2.76 bits per heavy atom. The van der Waals surface area contributed by atoms with Crippen LogP contribution in [-0.2, 0) is 0 Å². The molecule has 0 unspecified atom stereocenters. The lowest BCUT2D eigenvalue weighted by Gasteiger charge is -2.10. The maximum atomic E-state index is 4.38. The summed E-state index contributed by atoms with van der Waals surface area (Å²) < 4.78 is 0. The minimum absolute atomic E-state index is 0.699. The molecule has 0 aliphatic rings. The zero-order chi connectivity index (χ0) is 12.5. The summed E-state index contributed by atoms with van der Waals surface area (Å²) in [7, 11) is 4.16. The Labute approximate surface area is 104 Å². The third kappa shape index (κ3) is 6.06. The van der Waals surface area contributed by atoms with Crippen LogP contribution in [0, 0.1) is 0 Å². The fraction of sp³-hybridized carbons (Fsp3) is 0.667. The Hall–Kier alpha value is -1.36. The van der Waals surface area contributed by atoms with E-state index in [0.29, 0.717) is 5.95 Å². The van der Waals surface area contributed by atoms with Crippen molar-refractivity contribution in [1.29, 1.82) is 0 Å². The van der Waals surface area contributed by atoms with Gasteiger partial charge < -0.3 is 15.5 Å². The third-order valence-electron chi connectivity index (χ3n) is 2.28. The highest BCUT2D eigenvalue weighted by atomic mass is 15.1. The summed E-state index contributed by atoms with van der Waals surface area (Å²) in [5.41, 5.74) is 0. The first-order valence-corrected chi connectivity index (χ1v) is 6.18. The first-order valence-electron chi connectivity index (χ1n) is 6.18. The Kier molecular flexibility index (Phi) is 6.32. The van der Waals surface area contributed by atoms with Gasteiger partial charge in [0.25, 0.3) is 0 Å². The van der Waals surface area contributed by atoms with E-state index < -0.39 is 0 Å². The molecule has 5 heteroatoms. The van der Waals surface area contributed by atoms with Crippen LogP contribution in [0.25, 0.3) is 0 Å². The summed E-state index contributed by atoms with van der Waals surface area (Å²) in [5.74, 6) is 1.59. The Balaban J connectivity index is 2.32. The van der Waals surface area contributed by atoms with E-state index in [9.17, 15) is 0 Å². The minimum Gasteiger partial charge on any atom is -0.370 e. The largest absolute Gasteiger partial charge is 0.370 e. The average Bonchev–Trinajstić information content (AvgIpc) is 2.32. The van der Waals surface area contributed by atoms with Gasteiger partial charge in [0.1, 0.15) is 5.82 Å². The lowest BCUT2D eigenvalue weighted by Crippen LogP contribution is -2.16. The Bertz CT molecular complexity index is 314. The van der Waals surface area contributed by atoms with E-state index in [1.165, 1.54) is 0 Å². The molecular formula is C12H23N5.